The zero-order valence-corrected chi connectivity index (χ0v) is 18.6. The van der Waals surface area contributed by atoms with Crippen molar-refractivity contribution in [3.05, 3.63) is 103 Å². The first-order valence-corrected chi connectivity index (χ1v) is 11.9. The van der Waals surface area contributed by atoms with Crippen LogP contribution in [0.15, 0.2) is 102 Å². The number of halogens is 1. The first-order chi connectivity index (χ1) is 16.4. The molecule has 1 aliphatic rings. The first kappa shape index (κ1) is 21.7. The molecule has 6 nitrogen and oxygen atoms in total. The molecular formula is C26H19FN2O4S. The summed E-state index contributed by atoms with van der Waals surface area (Å²) in [6.45, 7) is -0.0537. The molecule has 0 aliphatic carbocycles. The van der Waals surface area contributed by atoms with Gasteiger partial charge in [-0.25, -0.2) is 12.8 Å². The molecule has 0 saturated carbocycles. The number of carbonyl (C=O) groups excluding carboxylic acids is 1. The second-order valence-electron chi connectivity index (χ2n) is 7.68. The van der Waals surface area contributed by atoms with E-state index in [0.29, 0.717) is 17.1 Å². The van der Waals surface area contributed by atoms with Crippen LogP contribution in [0.2, 0.25) is 0 Å². The number of anilines is 3. The SMILES string of the molecule is O=C1COc2ccc(-c3cccc(NS(=O)(=O)c4ccc(F)cc4)c3)cc2N1c1ccccc1. The molecule has 4 aromatic rings. The van der Waals surface area contributed by atoms with Crippen molar-refractivity contribution in [2.75, 3.05) is 16.2 Å². The molecule has 1 heterocycles. The molecule has 5 rings (SSSR count). The van der Waals surface area contributed by atoms with Crippen molar-refractivity contribution in [2.45, 2.75) is 4.90 Å². The number of fused-ring (bicyclic) bond motifs is 1. The maximum Gasteiger partial charge on any atom is 0.269 e. The fourth-order valence-electron chi connectivity index (χ4n) is 3.78. The predicted octanol–water partition coefficient (Wildman–Crippen LogP) is 5.35. The van der Waals surface area contributed by atoms with Crippen LogP contribution in [0.1, 0.15) is 0 Å². The van der Waals surface area contributed by atoms with Crippen LogP contribution < -0.4 is 14.4 Å². The van der Waals surface area contributed by atoms with E-state index < -0.39 is 15.8 Å². The molecule has 34 heavy (non-hydrogen) atoms. The van der Waals surface area contributed by atoms with Crippen LogP contribution >= 0.6 is 0 Å². The van der Waals surface area contributed by atoms with Crippen LogP contribution in [0.5, 0.6) is 5.75 Å². The normalized spacial score (nSPS) is 13.2. The molecule has 0 spiro atoms. The fourth-order valence-corrected chi connectivity index (χ4v) is 4.83. The Morgan fingerprint density at radius 1 is 0.824 bits per heavy atom. The lowest BCUT2D eigenvalue weighted by Crippen LogP contribution is -2.35. The largest absolute Gasteiger partial charge is 0.482 e. The molecule has 0 atom stereocenters. The van der Waals surface area contributed by atoms with E-state index in [1.807, 2.05) is 48.5 Å². The minimum Gasteiger partial charge on any atom is -0.482 e. The third-order valence-corrected chi connectivity index (χ3v) is 6.78. The van der Waals surface area contributed by atoms with Gasteiger partial charge in [-0.1, -0.05) is 36.4 Å². The van der Waals surface area contributed by atoms with E-state index in [2.05, 4.69) is 4.72 Å². The lowest BCUT2D eigenvalue weighted by atomic mass is 10.0. The number of rotatable bonds is 5. The van der Waals surface area contributed by atoms with Gasteiger partial charge in [0.1, 0.15) is 11.6 Å². The summed E-state index contributed by atoms with van der Waals surface area (Å²) in [4.78, 5) is 14.2. The highest BCUT2D eigenvalue weighted by atomic mass is 32.2. The van der Waals surface area contributed by atoms with Gasteiger partial charge < -0.3 is 4.74 Å². The zero-order chi connectivity index (χ0) is 23.7. The summed E-state index contributed by atoms with van der Waals surface area (Å²) in [5, 5.41) is 0. The van der Waals surface area contributed by atoms with Crippen LogP contribution in [-0.2, 0) is 14.8 Å². The molecule has 170 valence electrons. The van der Waals surface area contributed by atoms with Gasteiger partial charge in [-0.3, -0.25) is 14.4 Å². The topological polar surface area (TPSA) is 75.7 Å². The number of benzene rings is 4. The van der Waals surface area contributed by atoms with Crippen LogP contribution in [0.25, 0.3) is 11.1 Å². The zero-order valence-electron chi connectivity index (χ0n) is 17.8. The van der Waals surface area contributed by atoms with Crippen molar-refractivity contribution < 1.29 is 22.3 Å². The molecule has 1 amide bonds. The number of carbonyl (C=O) groups is 1. The van der Waals surface area contributed by atoms with Gasteiger partial charge in [0.2, 0.25) is 0 Å². The average molecular weight is 475 g/mol. The number of hydrogen-bond donors (Lipinski definition) is 1. The quantitative estimate of drug-likeness (QED) is 0.423. The minimum atomic E-state index is -3.89. The van der Waals surface area contributed by atoms with Crippen LogP contribution in [0.4, 0.5) is 21.5 Å². The van der Waals surface area contributed by atoms with Gasteiger partial charge in [0, 0.05) is 11.4 Å². The van der Waals surface area contributed by atoms with Gasteiger partial charge in [-0.05, 0) is 71.8 Å². The molecule has 4 aromatic carbocycles. The number of hydrogen-bond acceptors (Lipinski definition) is 4. The van der Waals surface area contributed by atoms with Crippen molar-refractivity contribution in [1.82, 2.24) is 0 Å². The first-order valence-electron chi connectivity index (χ1n) is 10.4. The fraction of sp³-hybridized carbons (Fsp3) is 0.0385. The number of sulfonamides is 1. The van der Waals surface area contributed by atoms with Gasteiger partial charge in [0.15, 0.2) is 6.61 Å². The molecule has 1 N–H and O–H groups in total. The van der Waals surface area contributed by atoms with Crippen LogP contribution in [0.3, 0.4) is 0 Å². The Morgan fingerprint density at radius 2 is 1.56 bits per heavy atom. The maximum atomic E-state index is 13.2. The summed E-state index contributed by atoms with van der Waals surface area (Å²) in [6, 6.07) is 26.3. The van der Waals surface area contributed by atoms with Crippen LogP contribution in [-0.4, -0.2) is 20.9 Å². The number of ether oxygens (including phenoxy) is 1. The highest BCUT2D eigenvalue weighted by Gasteiger charge is 2.27. The van der Waals surface area contributed by atoms with E-state index in [-0.39, 0.29) is 17.4 Å². The maximum absolute atomic E-state index is 13.2. The van der Waals surface area contributed by atoms with Crippen molar-refractivity contribution in [3.8, 4) is 16.9 Å². The van der Waals surface area contributed by atoms with E-state index >= 15 is 0 Å². The van der Waals surface area contributed by atoms with Gasteiger partial charge >= 0.3 is 0 Å². The third kappa shape index (κ3) is 4.23. The van der Waals surface area contributed by atoms with E-state index in [1.54, 1.807) is 29.2 Å². The highest BCUT2D eigenvalue weighted by Crippen LogP contribution is 2.40. The molecule has 1 aliphatic heterocycles. The standard InChI is InChI=1S/C26H19FN2O4S/c27-20-10-12-23(13-11-20)34(31,32)28-21-6-4-5-18(15-21)19-9-14-25-24(16-19)29(26(30)17-33-25)22-7-2-1-3-8-22/h1-16,28H,17H2. The molecule has 0 bridgehead atoms. The minimum absolute atomic E-state index is 0.0396. The van der Waals surface area contributed by atoms with Gasteiger partial charge in [0.25, 0.3) is 15.9 Å². The van der Waals surface area contributed by atoms with Crippen molar-refractivity contribution in [3.63, 3.8) is 0 Å². The van der Waals surface area contributed by atoms with Gasteiger partial charge in [-0.2, -0.15) is 0 Å². The Balaban J connectivity index is 1.49. The van der Waals surface area contributed by atoms with E-state index in [4.69, 9.17) is 4.74 Å². The summed E-state index contributed by atoms with van der Waals surface area (Å²) >= 11 is 0. The van der Waals surface area contributed by atoms with E-state index in [0.717, 1.165) is 28.9 Å². The predicted molar refractivity (Wildman–Crippen MR) is 128 cm³/mol. The Hall–Kier alpha value is -4.17. The summed E-state index contributed by atoms with van der Waals surface area (Å²) in [5.41, 5.74) is 3.22. The number of amides is 1. The average Bonchev–Trinajstić information content (AvgIpc) is 2.84. The Labute approximate surface area is 196 Å². The van der Waals surface area contributed by atoms with Crippen LogP contribution in [0, 0.1) is 5.82 Å². The Bertz CT molecular complexity index is 1470. The lowest BCUT2D eigenvalue weighted by molar-refractivity contribution is -0.120. The van der Waals surface area contributed by atoms with Gasteiger partial charge in [0.05, 0.1) is 10.6 Å². The van der Waals surface area contributed by atoms with Crippen molar-refractivity contribution in [1.29, 1.82) is 0 Å². The van der Waals surface area contributed by atoms with E-state index in [9.17, 15) is 17.6 Å². The van der Waals surface area contributed by atoms with Crippen molar-refractivity contribution in [2.24, 2.45) is 0 Å². The molecule has 0 radical (unpaired) electrons. The molecule has 0 unspecified atom stereocenters. The van der Waals surface area contributed by atoms with Crippen molar-refractivity contribution >= 4 is 33.0 Å². The number of nitrogens with one attached hydrogen (secondary N) is 1. The third-order valence-electron chi connectivity index (χ3n) is 5.39. The summed E-state index contributed by atoms with van der Waals surface area (Å²) in [6.07, 6.45) is 0. The number of nitrogens with zero attached hydrogens (tertiary/aromatic N) is 1. The Kier molecular flexibility index (Phi) is 5.51. The summed E-state index contributed by atoms with van der Waals surface area (Å²) < 4.78 is 46.7. The lowest BCUT2D eigenvalue weighted by Gasteiger charge is -2.30. The molecule has 0 saturated heterocycles. The number of para-hydroxylation sites is 1. The monoisotopic (exact) mass is 474 g/mol. The van der Waals surface area contributed by atoms with E-state index in [1.165, 1.54) is 12.1 Å². The molecule has 0 fully saturated rings. The van der Waals surface area contributed by atoms with Gasteiger partial charge in [-0.15, -0.1) is 0 Å². The molecular weight excluding hydrogens is 455 g/mol. The molecule has 8 heteroatoms. The smallest absolute Gasteiger partial charge is 0.269 e. The second kappa shape index (κ2) is 8.64. The second-order valence-corrected chi connectivity index (χ2v) is 9.36. The summed E-state index contributed by atoms with van der Waals surface area (Å²) in [7, 11) is -3.89. The highest BCUT2D eigenvalue weighted by molar-refractivity contribution is 7.92. The molecule has 0 aromatic heterocycles. The Morgan fingerprint density at radius 3 is 2.32 bits per heavy atom. The summed E-state index contributed by atoms with van der Waals surface area (Å²) in [5.74, 6) is -0.114.